The van der Waals surface area contributed by atoms with E-state index >= 15 is 0 Å². The monoisotopic (exact) mass is 1070 g/mol. The van der Waals surface area contributed by atoms with E-state index in [9.17, 15) is 96.6 Å². The number of rotatable bonds is 19. The number of nitro groups is 1. The predicted octanol–water partition coefficient (Wildman–Crippen LogP) is -10.1. The molecule has 0 aliphatic carbocycles. The fraction of sp³-hybridized carbons (Fsp3) is 0.825. The summed E-state index contributed by atoms with van der Waals surface area (Å²) < 4.78 is 65.2. The van der Waals surface area contributed by atoms with Crippen LogP contribution in [0.3, 0.4) is 0 Å². The largest absolute Gasteiger partial charge is 0.493 e. The molecule has 1 aromatic rings. The fourth-order valence-electron chi connectivity index (χ4n) is 8.75. The van der Waals surface area contributed by atoms with Gasteiger partial charge in [-0.15, -0.1) is 0 Å². The number of nitrogens with zero attached hydrogens (tertiary/aromatic N) is 1. The van der Waals surface area contributed by atoms with Crippen LogP contribution in [0.15, 0.2) is 12.1 Å². The van der Waals surface area contributed by atoms with E-state index in [0.717, 1.165) is 6.07 Å². The average Bonchev–Trinajstić information content (AvgIpc) is 3.38. The van der Waals surface area contributed by atoms with Gasteiger partial charge < -0.3 is 144 Å². The van der Waals surface area contributed by atoms with Crippen molar-refractivity contribution in [2.75, 3.05) is 47.3 Å². The van der Waals surface area contributed by atoms with Crippen molar-refractivity contribution in [2.45, 2.75) is 160 Å². The number of nitro benzene ring substituents is 1. The van der Waals surface area contributed by atoms with Gasteiger partial charge in [0.25, 0.3) is 5.69 Å². The zero-order chi connectivity index (χ0) is 53.7. The lowest BCUT2D eigenvalue weighted by Crippen LogP contribution is -2.68. The first kappa shape index (κ1) is 58.7. The van der Waals surface area contributed by atoms with E-state index in [0.29, 0.717) is 0 Å². The van der Waals surface area contributed by atoms with Crippen LogP contribution in [0.2, 0.25) is 0 Å². The van der Waals surface area contributed by atoms with Gasteiger partial charge in [0.05, 0.1) is 69.8 Å². The third-order valence-corrected chi connectivity index (χ3v) is 12.8. The van der Waals surface area contributed by atoms with Gasteiger partial charge in [-0.1, -0.05) is 0 Å². The molecule has 1 amide bonds. The molecule has 0 aromatic heterocycles. The van der Waals surface area contributed by atoms with Crippen molar-refractivity contribution in [3.05, 3.63) is 27.8 Å². The summed E-state index contributed by atoms with van der Waals surface area (Å²) in [5, 5.41) is 184. The number of carbonyl (C=O) groups excluding carboxylic acids is 1. The smallest absolute Gasteiger partial charge is 0.407 e. The molecule has 0 radical (unpaired) electrons. The molecule has 418 valence electrons. The number of aliphatic hydroxyl groups is 16. The second-order valence-corrected chi connectivity index (χ2v) is 17.3. The first-order valence-corrected chi connectivity index (χ1v) is 22.4. The van der Waals surface area contributed by atoms with E-state index < -0.39 is 210 Å². The molecule has 5 aliphatic heterocycles. The van der Waals surface area contributed by atoms with Crippen LogP contribution in [0.25, 0.3) is 0 Å². The summed E-state index contributed by atoms with van der Waals surface area (Å²) in [6.07, 6.45) is -47.3. The molecule has 5 fully saturated rings. The van der Waals surface area contributed by atoms with Crippen molar-refractivity contribution in [1.82, 2.24) is 5.32 Å². The molecule has 1 aromatic carbocycles. The van der Waals surface area contributed by atoms with Gasteiger partial charge in [0.2, 0.25) is 0 Å². The molecule has 5 heterocycles. The maximum Gasteiger partial charge on any atom is 0.407 e. The summed E-state index contributed by atoms with van der Waals surface area (Å²) in [5.41, 5.74) is -0.627. The Bertz CT molecular complexity index is 1940. The highest BCUT2D eigenvalue weighted by atomic mass is 16.8. The second kappa shape index (κ2) is 25.6. The van der Waals surface area contributed by atoms with Crippen molar-refractivity contribution < 1.29 is 148 Å². The summed E-state index contributed by atoms with van der Waals surface area (Å²) in [7, 11) is 2.51. The number of hydrogen-bond donors (Lipinski definition) is 17. The molecule has 5 saturated heterocycles. The van der Waals surface area contributed by atoms with Crippen LogP contribution in [0.4, 0.5) is 10.5 Å². The maximum absolute atomic E-state index is 12.9. The van der Waals surface area contributed by atoms with Gasteiger partial charge in [0.1, 0.15) is 123 Å². The minimum Gasteiger partial charge on any atom is -0.493 e. The van der Waals surface area contributed by atoms with Crippen molar-refractivity contribution in [2.24, 2.45) is 0 Å². The van der Waals surface area contributed by atoms with Gasteiger partial charge in [0.15, 0.2) is 42.9 Å². The van der Waals surface area contributed by atoms with E-state index in [4.69, 9.17) is 56.8 Å². The maximum atomic E-state index is 12.9. The Morgan fingerprint density at radius 1 is 0.521 bits per heavy atom. The van der Waals surface area contributed by atoms with Crippen LogP contribution in [-0.2, 0) is 54.0 Å². The molecule has 25 atom stereocenters. The van der Waals surface area contributed by atoms with Gasteiger partial charge in [-0.25, -0.2) is 4.79 Å². The average molecular weight is 1070 g/mol. The Balaban J connectivity index is 1.05. The molecule has 33 nitrogen and oxygen atoms in total. The summed E-state index contributed by atoms with van der Waals surface area (Å²) in [6.45, 7) is -5.57. The molecular weight excluding hydrogens is 1000 g/mol. The van der Waals surface area contributed by atoms with Crippen molar-refractivity contribution in [3.8, 4) is 11.5 Å². The number of methoxy groups -OCH3 is 2. The number of aliphatic hydroxyl groups excluding tert-OH is 16. The van der Waals surface area contributed by atoms with Crippen molar-refractivity contribution in [3.63, 3.8) is 0 Å². The lowest BCUT2D eigenvalue weighted by atomic mass is 9.95. The summed E-state index contributed by atoms with van der Waals surface area (Å²) >= 11 is 0. The van der Waals surface area contributed by atoms with Gasteiger partial charge in [0, 0.05) is 0 Å². The Morgan fingerprint density at radius 3 is 1.23 bits per heavy atom. The Morgan fingerprint density at radius 2 is 0.863 bits per heavy atom. The van der Waals surface area contributed by atoms with Gasteiger partial charge >= 0.3 is 6.09 Å². The molecule has 5 aliphatic rings. The molecule has 6 rings (SSSR count). The Hall–Kier alpha value is -3.51. The zero-order valence-corrected chi connectivity index (χ0v) is 38.6. The van der Waals surface area contributed by atoms with E-state index in [2.05, 4.69) is 5.32 Å². The number of carbonyl (C=O) groups is 1. The van der Waals surface area contributed by atoms with E-state index in [1.54, 1.807) is 0 Å². The van der Waals surface area contributed by atoms with Crippen LogP contribution >= 0.6 is 0 Å². The molecule has 17 N–H and O–H groups in total. The summed E-state index contributed by atoms with van der Waals surface area (Å²) in [5.74, 6) is 0.0836. The lowest BCUT2D eigenvalue weighted by molar-refractivity contribution is -0.392. The summed E-state index contributed by atoms with van der Waals surface area (Å²) in [6, 6.07) is 0.594. The minimum absolute atomic E-state index is 0.0132. The molecule has 0 bridgehead atoms. The number of amides is 1. The van der Waals surface area contributed by atoms with Crippen LogP contribution in [0, 0.1) is 10.1 Å². The zero-order valence-electron chi connectivity index (χ0n) is 38.6. The molecule has 0 saturated carbocycles. The van der Waals surface area contributed by atoms with Gasteiger partial charge in [-0.05, 0) is 6.07 Å². The first-order chi connectivity index (χ1) is 34.7. The summed E-state index contributed by atoms with van der Waals surface area (Å²) in [4.78, 5) is 23.8. The van der Waals surface area contributed by atoms with Crippen LogP contribution in [0.5, 0.6) is 11.5 Å². The van der Waals surface area contributed by atoms with Gasteiger partial charge in [-0.2, -0.15) is 0 Å². The topological polar surface area (TPSA) is 507 Å². The number of benzene rings is 1. The highest BCUT2D eigenvalue weighted by Gasteiger charge is 2.56. The van der Waals surface area contributed by atoms with Crippen molar-refractivity contribution in [1.29, 1.82) is 0 Å². The van der Waals surface area contributed by atoms with E-state index in [1.165, 1.54) is 20.3 Å². The predicted molar refractivity (Wildman–Crippen MR) is 224 cm³/mol. The highest BCUT2D eigenvalue weighted by Crippen LogP contribution is 2.37. The second-order valence-electron chi connectivity index (χ2n) is 17.3. The van der Waals surface area contributed by atoms with Gasteiger partial charge in [-0.3, -0.25) is 10.1 Å². The normalized spacial score (nSPS) is 43.2. The van der Waals surface area contributed by atoms with Crippen LogP contribution in [-0.4, -0.2) is 293 Å². The third kappa shape index (κ3) is 12.5. The highest BCUT2D eigenvalue weighted by molar-refractivity contribution is 5.68. The molecule has 11 unspecified atom stereocenters. The number of ether oxygens (including phenoxy) is 12. The lowest BCUT2D eigenvalue weighted by Gasteiger charge is -2.49. The van der Waals surface area contributed by atoms with E-state index in [-0.39, 0.29) is 17.1 Å². The number of alkyl carbamates (subject to hydrolysis) is 1. The quantitative estimate of drug-likeness (QED) is 0.0452. The Kier molecular flexibility index (Phi) is 20.6. The molecule has 0 spiro atoms. The van der Waals surface area contributed by atoms with Crippen LogP contribution in [0.1, 0.15) is 5.56 Å². The molecule has 73 heavy (non-hydrogen) atoms. The SMILES string of the molecule is COc1cc(COC(=O)N[C@H]2C(CO)O[C@@H](O[C@H]3C(CO)O[C@@H](O[C@H]4C(CO)O[C@@H](O[C@H]5C(CO)O[C@@H](O[C@H]6C(CO)OC(O)C(O)[C@H]6O)C(O)[C@H]5O)C(O)[C@H]4O)C(O)[C@H]3O)C(O)[C@H]2O)c([N+](=O)[O-])cc1OC. The number of hydrogen-bond acceptors (Lipinski definition) is 31. The van der Waals surface area contributed by atoms with Crippen LogP contribution < -0.4 is 14.8 Å². The molecule has 33 heteroatoms. The Labute approximate surface area is 411 Å². The standard InChI is InChI=1S/C40H62N2O31/c1-62-13-3-11(12(42(60)61)4-14(13)63-2)10-64-40(59)41-20-15(5-43)66-36(27(54)21(20)48)71-32-17(7-45)68-38(29(56)23(32)50)73-34-19(9-47)69-39(30(57)25(34)52)72-33-18(8-46)67-37(28(55)24(33)51)70-31-16(6-44)65-35(58)26(53)22(31)49/h3-4,15-39,43-58H,5-10H2,1-2H3,(H,41,59)/t15?,16?,17?,18?,19?,20-,21-,22+,23+,24+,25+,26?,27?,28?,29?,30?,31-,32-,33-,34-,35?,36-,37-,38-,39-/m0/s1. The first-order valence-electron chi connectivity index (χ1n) is 22.4. The molecular formula is C40H62N2O31. The third-order valence-electron chi connectivity index (χ3n) is 12.8. The fourth-order valence-corrected chi connectivity index (χ4v) is 8.75. The van der Waals surface area contributed by atoms with Crippen molar-refractivity contribution >= 4 is 11.8 Å². The van der Waals surface area contributed by atoms with E-state index in [1.807, 2.05) is 0 Å². The number of nitrogens with one attached hydrogen (secondary N) is 1. The minimum atomic E-state index is -2.19.